The first-order valence-corrected chi connectivity index (χ1v) is 10.5. The van der Waals surface area contributed by atoms with Crippen molar-refractivity contribution in [2.45, 2.75) is 31.7 Å². The van der Waals surface area contributed by atoms with Crippen molar-refractivity contribution in [3.05, 3.63) is 35.9 Å². The molecule has 2 fully saturated rings. The van der Waals surface area contributed by atoms with Gasteiger partial charge in [0.15, 0.2) is 0 Å². The first-order chi connectivity index (χ1) is 15.1. The molecule has 2 aliphatic heterocycles. The van der Waals surface area contributed by atoms with Gasteiger partial charge < -0.3 is 24.4 Å². The van der Waals surface area contributed by atoms with Crippen molar-refractivity contribution in [2.75, 3.05) is 46.9 Å². The molecule has 1 amide bonds. The van der Waals surface area contributed by atoms with Gasteiger partial charge in [-0.1, -0.05) is 30.3 Å². The SMILES string of the molecule is CN(C)C(=O)[C@H]1CO[C@H]2CCN(CCOCc3ccccc3)C[C@H]2C1.O=C(O)C(F)(F)F. The van der Waals surface area contributed by atoms with Gasteiger partial charge in [-0.05, 0) is 24.3 Å². The van der Waals surface area contributed by atoms with E-state index in [9.17, 15) is 18.0 Å². The summed E-state index contributed by atoms with van der Waals surface area (Å²) in [6.07, 6.45) is -2.75. The van der Waals surface area contributed by atoms with Gasteiger partial charge in [-0.15, -0.1) is 0 Å². The number of amides is 1. The smallest absolute Gasteiger partial charge is 0.475 e. The molecule has 0 unspecified atom stereocenters. The van der Waals surface area contributed by atoms with Crippen LogP contribution in [0, 0.1) is 11.8 Å². The summed E-state index contributed by atoms with van der Waals surface area (Å²) in [5.41, 5.74) is 1.21. The van der Waals surface area contributed by atoms with Gasteiger partial charge in [0.05, 0.1) is 31.8 Å². The first kappa shape index (κ1) is 26.1. The average molecular weight is 460 g/mol. The molecule has 7 nitrogen and oxygen atoms in total. The molecule has 0 aliphatic carbocycles. The van der Waals surface area contributed by atoms with Crippen LogP contribution in [0.2, 0.25) is 0 Å². The molecule has 0 aromatic heterocycles. The molecule has 1 aromatic rings. The molecular formula is C22H31F3N2O5. The van der Waals surface area contributed by atoms with Crippen molar-refractivity contribution >= 4 is 11.9 Å². The Morgan fingerprint density at radius 2 is 1.91 bits per heavy atom. The van der Waals surface area contributed by atoms with Crippen LogP contribution in [0.3, 0.4) is 0 Å². The number of carbonyl (C=O) groups excluding carboxylic acids is 1. The number of carboxylic acid groups (broad SMARTS) is 1. The highest BCUT2D eigenvalue weighted by Crippen LogP contribution is 2.31. The molecule has 0 bridgehead atoms. The highest BCUT2D eigenvalue weighted by molar-refractivity contribution is 5.78. The molecular weight excluding hydrogens is 429 g/mol. The third-order valence-electron chi connectivity index (χ3n) is 5.54. The van der Waals surface area contributed by atoms with E-state index < -0.39 is 12.1 Å². The number of hydrogen-bond donors (Lipinski definition) is 1. The van der Waals surface area contributed by atoms with Crippen LogP contribution in [-0.2, 0) is 25.7 Å². The predicted molar refractivity (Wildman–Crippen MR) is 111 cm³/mol. The standard InChI is InChI=1S/C20H30N2O3.C2HF3O2/c1-21(2)20(23)18-12-17-13-22(9-8-19(17)25-15-18)10-11-24-14-16-6-4-3-5-7-16;3-2(4,5)1(6)7/h3-7,17-19H,8-15H2,1-2H3;(H,6,7)/t17-,18-,19+;/m1./s1. The Morgan fingerprint density at radius 1 is 1.25 bits per heavy atom. The molecule has 0 saturated carbocycles. The van der Waals surface area contributed by atoms with E-state index in [1.165, 1.54) is 5.56 Å². The maximum Gasteiger partial charge on any atom is 0.490 e. The largest absolute Gasteiger partial charge is 0.490 e. The number of likely N-dealkylation sites (tertiary alicyclic amines) is 1. The number of carboxylic acids is 1. The van der Waals surface area contributed by atoms with Crippen LogP contribution in [0.25, 0.3) is 0 Å². The van der Waals surface area contributed by atoms with Gasteiger partial charge in [0.25, 0.3) is 0 Å². The van der Waals surface area contributed by atoms with Gasteiger partial charge in [0, 0.05) is 33.7 Å². The Bertz CT molecular complexity index is 730. The maximum absolute atomic E-state index is 12.2. The zero-order chi connectivity index (χ0) is 23.7. The van der Waals surface area contributed by atoms with Crippen molar-refractivity contribution in [3.63, 3.8) is 0 Å². The quantitative estimate of drug-likeness (QED) is 0.658. The average Bonchev–Trinajstić information content (AvgIpc) is 2.76. The number of ether oxygens (including phenoxy) is 2. The lowest BCUT2D eigenvalue weighted by atomic mass is 9.83. The van der Waals surface area contributed by atoms with E-state index in [0.29, 0.717) is 25.2 Å². The molecule has 2 heterocycles. The zero-order valence-electron chi connectivity index (χ0n) is 18.4. The van der Waals surface area contributed by atoms with E-state index >= 15 is 0 Å². The van der Waals surface area contributed by atoms with Crippen molar-refractivity contribution < 1.29 is 37.3 Å². The number of aliphatic carboxylic acids is 1. The number of carbonyl (C=O) groups is 2. The molecule has 32 heavy (non-hydrogen) atoms. The second kappa shape index (κ2) is 12.2. The molecule has 3 rings (SSSR count). The lowest BCUT2D eigenvalue weighted by Crippen LogP contribution is -2.50. The third-order valence-corrected chi connectivity index (χ3v) is 5.54. The van der Waals surface area contributed by atoms with Gasteiger partial charge in [-0.3, -0.25) is 4.79 Å². The summed E-state index contributed by atoms with van der Waals surface area (Å²) >= 11 is 0. The van der Waals surface area contributed by atoms with Crippen LogP contribution < -0.4 is 0 Å². The fourth-order valence-electron chi connectivity index (χ4n) is 3.90. The van der Waals surface area contributed by atoms with Crippen LogP contribution in [0.4, 0.5) is 13.2 Å². The fraction of sp³-hybridized carbons (Fsp3) is 0.636. The van der Waals surface area contributed by atoms with Crippen molar-refractivity contribution in [1.82, 2.24) is 9.80 Å². The molecule has 1 aromatic carbocycles. The van der Waals surface area contributed by atoms with E-state index in [1.54, 1.807) is 4.90 Å². The number of halogens is 3. The van der Waals surface area contributed by atoms with Gasteiger partial charge in [0.2, 0.25) is 5.91 Å². The van der Waals surface area contributed by atoms with Crippen LogP contribution in [0.15, 0.2) is 30.3 Å². The minimum Gasteiger partial charge on any atom is -0.475 e. The van der Waals surface area contributed by atoms with Gasteiger partial charge in [0.1, 0.15) is 0 Å². The van der Waals surface area contributed by atoms with Gasteiger partial charge in [-0.25, -0.2) is 4.79 Å². The van der Waals surface area contributed by atoms with Crippen LogP contribution >= 0.6 is 0 Å². The molecule has 3 atom stereocenters. The van der Waals surface area contributed by atoms with E-state index in [-0.39, 0.29) is 11.8 Å². The molecule has 0 spiro atoms. The minimum atomic E-state index is -5.08. The summed E-state index contributed by atoms with van der Waals surface area (Å²) in [5.74, 6) is -2.08. The molecule has 10 heteroatoms. The Labute approximate surface area is 186 Å². The summed E-state index contributed by atoms with van der Waals surface area (Å²) in [6.45, 7) is 5.01. The third kappa shape index (κ3) is 8.40. The highest BCUT2D eigenvalue weighted by atomic mass is 19.4. The number of fused-ring (bicyclic) bond motifs is 1. The molecule has 2 aliphatic rings. The number of benzene rings is 1. The number of hydrogen-bond acceptors (Lipinski definition) is 5. The van der Waals surface area contributed by atoms with E-state index in [4.69, 9.17) is 19.4 Å². The lowest BCUT2D eigenvalue weighted by molar-refractivity contribution is -0.192. The second-order valence-electron chi connectivity index (χ2n) is 8.23. The van der Waals surface area contributed by atoms with Crippen molar-refractivity contribution in [2.24, 2.45) is 11.8 Å². The summed E-state index contributed by atoms with van der Waals surface area (Å²) in [5, 5.41) is 7.12. The summed E-state index contributed by atoms with van der Waals surface area (Å²) in [4.78, 5) is 25.3. The van der Waals surface area contributed by atoms with Crippen molar-refractivity contribution in [1.29, 1.82) is 0 Å². The Hall–Kier alpha value is -2.17. The fourth-order valence-corrected chi connectivity index (χ4v) is 3.90. The van der Waals surface area contributed by atoms with Crippen molar-refractivity contribution in [3.8, 4) is 0 Å². The zero-order valence-corrected chi connectivity index (χ0v) is 18.4. The number of rotatable bonds is 6. The van der Waals surface area contributed by atoms with Gasteiger partial charge >= 0.3 is 12.1 Å². The molecule has 2 saturated heterocycles. The van der Waals surface area contributed by atoms with Crippen LogP contribution in [-0.4, -0.2) is 86.0 Å². The molecule has 180 valence electrons. The first-order valence-electron chi connectivity index (χ1n) is 10.5. The Balaban J connectivity index is 0.000000451. The number of piperidine rings is 1. The monoisotopic (exact) mass is 460 g/mol. The number of alkyl halides is 3. The Morgan fingerprint density at radius 3 is 2.50 bits per heavy atom. The second-order valence-corrected chi connectivity index (χ2v) is 8.23. The normalized spacial score (nSPS) is 23.5. The van der Waals surface area contributed by atoms with Gasteiger partial charge in [-0.2, -0.15) is 13.2 Å². The Kier molecular flexibility index (Phi) is 9.92. The summed E-state index contributed by atoms with van der Waals surface area (Å²) < 4.78 is 43.5. The minimum absolute atomic E-state index is 0.0190. The van der Waals surface area contributed by atoms with Crippen LogP contribution in [0.5, 0.6) is 0 Å². The predicted octanol–water partition coefficient (Wildman–Crippen LogP) is 2.65. The van der Waals surface area contributed by atoms with E-state index in [0.717, 1.165) is 39.1 Å². The lowest BCUT2D eigenvalue weighted by Gasteiger charge is -2.43. The topological polar surface area (TPSA) is 79.3 Å². The summed E-state index contributed by atoms with van der Waals surface area (Å²) in [7, 11) is 3.65. The van der Waals surface area contributed by atoms with E-state index in [2.05, 4.69) is 17.0 Å². The summed E-state index contributed by atoms with van der Waals surface area (Å²) in [6, 6.07) is 10.3. The molecule has 0 radical (unpaired) electrons. The van der Waals surface area contributed by atoms with Crippen LogP contribution in [0.1, 0.15) is 18.4 Å². The number of nitrogens with zero attached hydrogens (tertiary/aromatic N) is 2. The highest BCUT2D eigenvalue weighted by Gasteiger charge is 2.39. The van der Waals surface area contributed by atoms with E-state index in [1.807, 2.05) is 32.3 Å². The maximum atomic E-state index is 12.2. The molecule has 1 N–H and O–H groups in total.